The smallest absolute Gasteiger partial charge is 0.225 e. The van der Waals surface area contributed by atoms with Crippen LogP contribution in [0.15, 0.2) is 30.3 Å². The minimum atomic E-state index is 0.0225. The van der Waals surface area contributed by atoms with Gasteiger partial charge in [-0.05, 0) is 31.2 Å². The summed E-state index contributed by atoms with van der Waals surface area (Å²) in [6.07, 6.45) is 4.08. The number of carbonyl (C=O) groups excluding carboxylic acids is 1. The highest BCUT2D eigenvalue weighted by Gasteiger charge is 2.44. The van der Waals surface area contributed by atoms with Gasteiger partial charge in [-0.2, -0.15) is 0 Å². The molecule has 21 heavy (non-hydrogen) atoms. The molecule has 2 fully saturated rings. The minimum Gasteiger partial charge on any atom is -0.396 e. The summed E-state index contributed by atoms with van der Waals surface area (Å²) in [4.78, 5) is 12.3. The third-order valence-electron chi connectivity index (χ3n) is 4.71. The van der Waals surface area contributed by atoms with Crippen molar-refractivity contribution in [2.45, 2.75) is 43.8 Å². The van der Waals surface area contributed by atoms with E-state index in [9.17, 15) is 9.90 Å². The average Bonchev–Trinajstić information content (AvgIpc) is 3.15. The van der Waals surface area contributed by atoms with Crippen LogP contribution < -0.4 is 5.32 Å². The van der Waals surface area contributed by atoms with E-state index in [4.69, 9.17) is 4.74 Å². The van der Waals surface area contributed by atoms with E-state index in [2.05, 4.69) is 5.32 Å². The molecule has 2 aliphatic rings. The predicted molar refractivity (Wildman–Crippen MR) is 79.9 cm³/mol. The maximum atomic E-state index is 12.3. The van der Waals surface area contributed by atoms with Gasteiger partial charge < -0.3 is 15.2 Å². The fraction of sp³-hybridized carbons (Fsp3) is 0.588. The zero-order chi connectivity index (χ0) is 14.7. The van der Waals surface area contributed by atoms with Crippen LogP contribution >= 0.6 is 0 Å². The Morgan fingerprint density at radius 3 is 2.76 bits per heavy atom. The number of rotatable bonds is 6. The van der Waals surface area contributed by atoms with Crippen LogP contribution in [-0.2, 0) is 9.53 Å². The summed E-state index contributed by atoms with van der Waals surface area (Å²) in [7, 11) is 0. The Morgan fingerprint density at radius 1 is 1.33 bits per heavy atom. The molecule has 2 N–H and O–H groups in total. The number of benzene rings is 1. The highest BCUT2D eigenvalue weighted by atomic mass is 16.5. The van der Waals surface area contributed by atoms with E-state index >= 15 is 0 Å². The van der Waals surface area contributed by atoms with Crippen LogP contribution in [0.5, 0.6) is 0 Å². The summed E-state index contributed by atoms with van der Waals surface area (Å²) in [6, 6.07) is 10.1. The number of ether oxygens (including phenoxy) is 1. The second-order valence-electron chi connectivity index (χ2n) is 6.08. The van der Waals surface area contributed by atoms with Crippen molar-refractivity contribution < 1.29 is 14.6 Å². The van der Waals surface area contributed by atoms with E-state index < -0.39 is 0 Å². The molecule has 1 aromatic carbocycles. The number of aliphatic hydroxyl groups excluding tert-OH is 1. The van der Waals surface area contributed by atoms with Gasteiger partial charge in [-0.1, -0.05) is 30.3 Å². The summed E-state index contributed by atoms with van der Waals surface area (Å²) in [6.45, 7) is 0.712. The second kappa shape index (κ2) is 6.58. The maximum absolute atomic E-state index is 12.3. The number of hydrogen-bond acceptors (Lipinski definition) is 3. The third kappa shape index (κ3) is 3.27. The van der Waals surface area contributed by atoms with E-state index in [1.54, 1.807) is 0 Å². The number of aliphatic hydroxyl groups is 1. The van der Waals surface area contributed by atoms with E-state index in [1.807, 2.05) is 30.3 Å². The molecule has 2 aliphatic heterocycles. The van der Waals surface area contributed by atoms with Gasteiger partial charge in [0.25, 0.3) is 0 Å². The van der Waals surface area contributed by atoms with Crippen LogP contribution in [0, 0.1) is 5.92 Å². The first-order valence-corrected chi connectivity index (χ1v) is 7.87. The summed E-state index contributed by atoms with van der Waals surface area (Å²) in [5.41, 5.74) is 1.16. The normalized spacial score (nSPS) is 28.5. The van der Waals surface area contributed by atoms with E-state index in [1.165, 1.54) is 0 Å². The van der Waals surface area contributed by atoms with Crippen molar-refractivity contribution in [3.05, 3.63) is 35.9 Å². The zero-order valence-electron chi connectivity index (χ0n) is 12.2. The van der Waals surface area contributed by atoms with Gasteiger partial charge in [0.2, 0.25) is 5.91 Å². The lowest BCUT2D eigenvalue weighted by molar-refractivity contribution is -0.126. The molecule has 0 saturated carbocycles. The molecule has 4 heteroatoms. The van der Waals surface area contributed by atoms with Crippen molar-refractivity contribution >= 4 is 5.91 Å². The maximum Gasteiger partial charge on any atom is 0.225 e. The van der Waals surface area contributed by atoms with E-state index in [0.717, 1.165) is 24.8 Å². The van der Waals surface area contributed by atoms with Gasteiger partial charge in [0.05, 0.1) is 18.1 Å². The van der Waals surface area contributed by atoms with Crippen LogP contribution in [0.3, 0.4) is 0 Å². The lowest BCUT2D eigenvalue weighted by Crippen LogP contribution is -2.38. The third-order valence-corrected chi connectivity index (χ3v) is 4.71. The standard InChI is InChI=1S/C17H23NO3/c19-9-8-13(12-4-2-1-3-5-12)11-18-17(20)15-10-14-6-7-16(15)21-14/h1-5,13-16,19H,6-11H2,(H,18,20). The van der Waals surface area contributed by atoms with Crippen LogP contribution in [0.2, 0.25) is 0 Å². The first-order chi connectivity index (χ1) is 10.3. The molecule has 0 radical (unpaired) electrons. The average molecular weight is 289 g/mol. The highest BCUT2D eigenvalue weighted by Crippen LogP contribution is 2.38. The first-order valence-electron chi connectivity index (χ1n) is 7.87. The van der Waals surface area contributed by atoms with Crippen molar-refractivity contribution in [1.82, 2.24) is 5.32 Å². The number of fused-ring (bicyclic) bond motifs is 2. The van der Waals surface area contributed by atoms with Crippen molar-refractivity contribution in [1.29, 1.82) is 0 Å². The lowest BCUT2D eigenvalue weighted by Gasteiger charge is -2.21. The fourth-order valence-electron chi connectivity index (χ4n) is 3.54. The molecule has 2 bridgehead atoms. The molecule has 2 saturated heterocycles. The van der Waals surface area contributed by atoms with Crippen molar-refractivity contribution in [3.8, 4) is 0 Å². The monoisotopic (exact) mass is 289 g/mol. The molecule has 4 unspecified atom stereocenters. The molecule has 4 nitrogen and oxygen atoms in total. The van der Waals surface area contributed by atoms with E-state index in [-0.39, 0.29) is 30.5 Å². The van der Waals surface area contributed by atoms with Gasteiger partial charge in [-0.15, -0.1) is 0 Å². The molecule has 3 rings (SSSR count). The van der Waals surface area contributed by atoms with E-state index in [0.29, 0.717) is 19.1 Å². The highest BCUT2D eigenvalue weighted by molar-refractivity contribution is 5.79. The van der Waals surface area contributed by atoms with Crippen LogP contribution in [0.25, 0.3) is 0 Å². The van der Waals surface area contributed by atoms with Crippen molar-refractivity contribution in [3.63, 3.8) is 0 Å². The minimum absolute atomic E-state index is 0.0225. The Bertz CT molecular complexity index is 476. The Labute approximate surface area is 125 Å². The largest absolute Gasteiger partial charge is 0.396 e. The molecule has 4 atom stereocenters. The topological polar surface area (TPSA) is 58.6 Å². The molecule has 0 aromatic heterocycles. The van der Waals surface area contributed by atoms with Crippen LogP contribution in [0.1, 0.15) is 37.2 Å². The second-order valence-corrected chi connectivity index (χ2v) is 6.08. The molecular weight excluding hydrogens is 266 g/mol. The molecule has 2 heterocycles. The van der Waals surface area contributed by atoms with Gasteiger partial charge in [0, 0.05) is 19.1 Å². The number of nitrogens with one attached hydrogen (secondary N) is 1. The Balaban J connectivity index is 1.56. The van der Waals surface area contributed by atoms with Crippen molar-refractivity contribution in [2.75, 3.05) is 13.2 Å². The number of amides is 1. The first kappa shape index (κ1) is 14.5. The molecule has 1 amide bonds. The zero-order valence-corrected chi connectivity index (χ0v) is 12.2. The lowest BCUT2D eigenvalue weighted by atomic mass is 9.88. The molecule has 0 aliphatic carbocycles. The fourth-order valence-corrected chi connectivity index (χ4v) is 3.54. The SMILES string of the molecule is O=C(NCC(CCO)c1ccccc1)C1CC2CCC1O2. The van der Waals surface area contributed by atoms with Gasteiger partial charge in [-0.25, -0.2) is 0 Å². The number of carbonyl (C=O) groups is 1. The summed E-state index contributed by atoms with van der Waals surface area (Å²) >= 11 is 0. The molecule has 1 aromatic rings. The quantitative estimate of drug-likeness (QED) is 0.840. The molecule has 0 spiro atoms. The van der Waals surface area contributed by atoms with Crippen molar-refractivity contribution in [2.24, 2.45) is 5.92 Å². The molecular formula is C17H23NO3. The molecule has 114 valence electrons. The van der Waals surface area contributed by atoms with Gasteiger partial charge in [0.1, 0.15) is 0 Å². The Morgan fingerprint density at radius 2 is 2.14 bits per heavy atom. The number of hydrogen-bond donors (Lipinski definition) is 2. The summed E-state index contributed by atoms with van der Waals surface area (Å²) in [5, 5.41) is 12.3. The van der Waals surface area contributed by atoms with Gasteiger partial charge >= 0.3 is 0 Å². The Hall–Kier alpha value is -1.39. The summed E-state index contributed by atoms with van der Waals surface area (Å²) in [5.74, 6) is 0.301. The van der Waals surface area contributed by atoms with Gasteiger partial charge in [0.15, 0.2) is 0 Å². The van der Waals surface area contributed by atoms with Gasteiger partial charge in [-0.3, -0.25) is 4.79 Å². The van der Waals surface area contributed by atoms with Crippen LogP contribution in [-0.4, -0.2) is 36.4 Å². The summed E-state index contributed by atoms with van der Waals surface area (Å²) < 4.78 is 5.74. The Kier molecular flexibility index (Phi) is 4.56. The predicted octanol–water partition coefficient (Wildman–Crippen LogP) is 1.84. The van der Waals surface area contributed by atoms with Crippen LogP contribution in [0.4, 0.5) is 0 Å².